The molecule has 5 nitrogen and oxygen atoms in total. The van der Waals surface area contributed by atoms with Crippen molar-refractivity contribution < 1.29 is 9.59 Å². The minimum atomic E-state index is -0.480. The van der Waals surface area contributed by atoms with Gasteiger partial charge in [0.05, 0.1) is 0 Å². The van der Waals surface area contributed by atoms with Crippen molar-refractivity contribution in [3.8, 4) is 0 Å². The highest BCUT2D eigenvalue weighted by Gasteiger charge is 2.16. The van der Waals surface area contributed by atoms with Gasteiger partial charge in [-0.3, -0.25) is 4.79 Å². The summed E-state index contributed by atoms with van der Waals surface area (Å²) in [7, 11) is 0. The Bertz CT molecular complexity index is 229. The average Bonchev–Trinajstić information content (AvgIpc) is 2.15. The highest BCUT2D eigenvalue weighted by Crippen LogP contribution is 1.99. The van der Waals surface area contributed by atoms with Gasteiger partial charge >= 0.3 is 6.03 Å². The molecular formula is C11H23N3O2. The molecule has 0 aromatic heterocycles. The largest absolute Gasteiger partial charge is 0.368 e. The van der Waals surface area contributed by atoms with E-state index >= 15 is 0 Å². The lowest BCUT2D eigenvalue weighted by molar-refractivity contribution is -0.118. The van der Waals surface area contributed by atoms with Gasteiger partial charge in [-0.2, -0.15) is 0 Å². The van der Waals surface area contributed by atoms with Gasteiger partial charge in [0.2, 0.25) is 5.91 Å². The van der Waals surface area contributed by atoms with Crippen molar-refractivity contribution in [1.82, 2.24) is 10.2 Å². The fourth-order valence-corrected chi connectivity index (χ4v) is 1.33. The molecule has 0 aromatic rings. The van der Waals surface area contributed by atoms with Crippen LogP contribution in [0.3, 0.4) is 0 Å². The molecule has 0 saturated carbocycles. The molecular weight excluding hydrogens is 206 g/mol. The zero-order chi connectivity index (χ0) is 12.6. The number of unbranched alkanes of at least 4 members (excludes halogenated alkanes) is 1. The monoisotopic (exact) mass is 229 g/mol. The van der Waals surface area contributed by atoms with E-state index in [0.717, 1.165) is 12.8 Å². The van der Waals surface area contributed by atoms with E-state index < -0.39 is 5.91 Å². The first-order valence-electron chi connectivity index (χ1n) is 5.78. The van der Waals surface area contributed by atoms with Crippen molar-refractivity contribution in [3.63, 3.8) is 0 Å². The quantitative estimate of drug-likeness (QED) is 0.637. The van der Waals surface area contributed by atoms with Crippen LogP contribution in [-0.2, 0) is 4.79 Å². The second-order valence-electron chi connectivity index (χ2n) is 4.33. The highest BCUT2D eigenvalue weighted by atomic mass is 16.2. The molecule has 3 N–H and O–H groups in total. The number of urea groups is 1. The first-order valence-corrected chi connectivity index (χ1v) is 5.78. The van der Waals surface area contributed by atoms with Crippen molar-refractivity contribution in [2.45, 2.75) is 33.6 Å². The summed E-state index contributed by atoms with van der Waals surface area (Å²) in [4.78, 5) is 24.0. The van der Waals surface area contributed by atoms with Crippen LogP contribution >= 0.6 is 0 Å². The number of amides is 3. The molecule has 0 spiro atoms. The summed E-state index contributed by atoms with van der Waals surface area (Å²) in [5, 5.41) is 2.77. The van der Waals surface area contributed by atoms with Gasteiger partial charge in [-0.25, -0.2) is 4.79 Å². The Morgan fingerprint density at radius 2 is 2.00 bits per heavy atom. The number of hydrogen-bond acceptors (Lipinski definition) is 2. The van der Waals surface area contributed by atoms with Crippen LogP contribution in [0.5, 0.6) is 0 Å². The molecule has 0 saturated heterocycles. The molecule has 5 heteroatoms. The second-order valence-corrected chi connectivity index (χ2v) is 4.33. The number of nitrogens with one attached hydrogen (secondary N) is 1. The molecule has 0 aliphatic heterocycles. The van der Waals surface area contributed by atoms with Crippen molar-refractivity contribution >= 4 is 11.9 Å². The fraction of sp³-hybridized carbons (Fsp3) is 0.818. The topological polar surface area (TPSA) is 75.4 Å². The fourth-order valence-electron chi connectivity index (χ4n) is 1.33. The lowest BCUT2D eigenvalue weighted by Crippen LogP contribution is -2.46. The summed E-state index contributed by atoms with van der Waals surface area (Å²) in [6, 6.07) is -0.207. The summed E-state index contributed by atoms with van der Waals surface area (Å²) in [6.07, 6.45) is 1.97. The van der Waals surface area contributed by atoms with Gasteiger partial charge in [-0.15, -0.1) is 0 Å². The Kier molecular flexibility index (Phi) is 7.33. The summed E-state index contributed by atoms with van der Waals surface area (Å²) in [6.45, 7) is 7.21. The molecule has 0 rings (SSSR count). The van der Waals surface area contributed by atoms with Gasteiger partial charge in [-0.1, -0.05) is 27.2 Å². The van der Waals surface area contributed by atoms with E-state index in [1.165, 1.54) is 4.90 Å². The van der Waals surface area contributed by atoms with E-state index in [0.29, 0.717) is 19.0 Å². The van der Waals surface area contributed by atoms with Crippen molar-refractivity contribution in [2.75, 3.05) is 19.6 Å². The van der Waals surface area contributed by atoms with Crippen molar-refractivity contribution in [1.29, 1.82) is 0 Å². The zero-order valence-electron chi connectivity index (χ0n) is 10.5. The summed E-state index contributed by atoms with van der Waals surface area (Å²) in [5.74, 6) is -0.164. The van der Waals surface area contributed by atoms with Crippen LogP contribution in [0.2, 0.25) is 0 Å². The number of primary amides is 1. The first-order chi connectivity index (χ1) is 7.47. The lowest BCUT2D eigenvalue weighted by Gasteiger charge is -2.23. The van der Waals surface area contributed by atoms with Gasteiger partial charge in [0.15, 0.2) is 0 Å². The Morgan fingerprint density at radius 3 is 2.44 bits per heavy atom. The van der Waals surface area contributed by atoms with Crippen LogP contribution in [0.1, 0.15) is 33.6 Å². The number of nitrogens with zero attached hydrogens (tertiary/aromatic N) is 1. The molecule has 0 atom stereocenters. The predicted octanol–water partition coefficient (Wildman–Crippen LogP) is 0.939. The van der Waals surface area contributed by atoms with Crippen LogP contribution in [0, 0.1) is 5.92 Å². The number of rotatable bonds is 7. The van der Waals surface area contributed by atoms with E-state index in [4.69, 9.17) is 5.73 Å². The normalized spacial score (nSPS) is 10.2. The highest BCUT2D eigenvalue weighted by molar-refractivity contribution is 5.82. The van der Waals surface area contributed by atoms with Crippen LogP contribution in [0.4, 0.5) is 4.79 Å². The van der Waals surface area contributed by atoms with E-state index in [-0.39, 0.29) is 12.6 Å². The maximum atomic E-state index is 11.7. The number of carbonyl (C=O) groups is 2. The molecule has 3 amide bonds. The molecule has 16 heavy (non-hydrogen) atoms. The molecule has 0 aromatic carbocycles. The Hall–Kier alpha value is -1.26. The molecule has 94 valence electrons. The molecule has 0 bridgehead atoms. The van der Waals surface area contributed by atoms with Crippen molar-refractivity contribution in [2.24, 2.45) is 11.7 Å². The number of carbonyl (C=O) groups excluding carboxylic acids is 2. The Morgan fingerprint density at radius 1 is 1.38 bits per heavy atom. The summed E-state index contributed by atoms with van der Waals surface area (Å²) < 4.78 is 0. The Labute approximate surface area is 97.4 Å². The molecule has 0 heterocycles. The SMILES string of the molecule is CCCCNC(=O)N(CC(N)=O)CC(C)C. The standard InChI is InChI=1S/C11H23N3O2/c1-4-5-6-13-11(16)14(7-9(2)3)8-10(12)15/h9H,4-8H2,1-3H3,(H2,12,15)(H,13,16). The maximum absolute atomic E-state index is 11.7. The minimum Gasteiger partial charge on any atom is -0.368 e. The number of nitrogens with two attached hydrogens (primary N) is 1. The second kappa shape index (κ2) is 7.96. The third-order valence-corrected chi connectivity index (χ3v) is 2.03. The third kappa shape index (κ3) is 7.09. The van der Waals surface area contributed by atoms with Gasteiger partial charge in [0, 0.05) is 13.1 Å². The Balaban J connectivity index is 4.15. The van der Waals surface area contributed by atoms with Crippen LogP contribution < -0.4 is 11.1 Å². The molecule has 0 aliphatic rings. The summed E-state index contributed by atoms with van der Waals surface area (Å²) >= 11 is 0. The third-order valence-electron chi connectivity index (χ3n) is 2.03. The van der Waals surface area contributed by atoms with Crippen molar-refractivity contribution in [3.05, 3.63) is 0 Å². The maximum Gasteiger partial charge on any atom is 0.317 e. The van der Waals surface area contributed by atoms with E-state index in [1.54, 1.807) is 0 Å². The van der Waals surface area contributed by atoms with Gasteiger partial charge in [0.25, 0.3) is 0 Å². The van der Waals surface area contributed by atoms with E-state index in [1.807, 2.05) is 13.8 Å². The van der Waals surface area contributed by atoms with Gasteiger partial charge in [-0.05, 0) is 12.3 Å². The van der Waals surface area contributed by atoms with E-state index in [2.05, 4.69) is 12.2 Å². The molecule has 0 aliphatic carbocycles. The molecule has 0 radical (unpaired) electrons. The van der Waals surface area contributed by atoms with Crippen LogP contribution in [-0.4, -0.2) is 36.5 Å². The van der Waals surface area contributed by atoms with Crippen LogP contribution in [0.25, 0.3) is 0 Å². The van der Waals surface area contributed by atoms with Crippen LogP contribution in [0.15, 0.2) is 0 Å². The van der Waals surface area contributed by atoms with Gasteiger partial charge in [0.1, 0.15) is 6.54 Å². The number of hydrogen-bond donors (Lipinski definition) is 2. The summed E-state index contributed by atoms with van der Waals surface area (Å²) in [5.41, 5.74) is 5.10. The smallest absolute Gasteiger partial charge is 0.317 e. The molecule has 0 unspecified atom stereocenters. The molecule has 0 fully saturated rings. The predicted molar refractivity (Wildman–Crippen MR) is 63.9 cm³/mol. The van der Waals surface area contributed by atoms with E-state index in [9.17, 15) is 9.59 Å². The lowest BCUT2D eigenvalue weighted by atomic mass is 10.2. The van der Waals surface area contributed by atoms with Gasteiger partial charge < -0.3 is 16.0 Å². The average molecular weight is 229 g/mol. The minimum absolute atomic E-state index is 0.0177. The zero-order valence-corrected chi connectivity index (χ0v) is 10.5. The first kappa shape index (κ1) is 14.7.